The number of nitrogens with zero attached hydrogens (tertiary/aromatic N) is 2. The Balaban J connectivity index is 2.22. The molecule has 0 bridgehead atoms. The van der Waals surface area contributed by atoms with Crippen LogP contribution >= 0.6 is 22.6 Å². The van der Waals surface area contributed by atoms with Crippen molar-refractivity contribution in [3.05, 3.63) is 50.0 Å². The Morgan fingerprint density at radius 2 is 2.24 bits per heavy atom. The average molecular weight is 402 g/mol. The monoisotopic (exact) mass is 402 g/mol. The highest BCUT2D eigenvalue weighted by Gasteiger charge is 2.11. The highest BCUT2D eigenvalue weighted by Crippen LogP contribution is 2.19. The summed E-state index contributed by atoms with van der Waals surface area (Å²) < 4.78 is 14.8. The van der Waals surface area contributed by atoms with Gasteiger partial charge >= 0.3 is 0 Å². The lowest BCUT2D eigenvalue weighted by molar-refractivity contribution is -0.116. The molecular weight excluding hydrogens is 390 g/mol. The van der Waals surface area contributed by atoms with E-state index in [9.17, 15) is 14.0 Å². The van der Waals surface area contributed by atoms with E-state index >= 15 is 0 Å². The van der Waals surface area contributed by atoms with Crippen molar-refractivity contribution in [1.29, 1.82) is 0 Å². The van der Waals surface area contributed by atoms with E-state index in [1.54, 1.807) is 6.92 Å². The number of anilines is 2. The molecule has 6 nitrogen and oxygen atoms in total. The summed E-state index contributed by atoms with van der Waals surface area (Å²) in [5.41, 5.74) is 5.77. The van der Waals surface area contributed by atoms with Gasteiger partial charge in [0.25, 0.3) is 5.56 Å². The number of hydrogen-bond acceptors (Lipinski definition) is 4. The minimum atomic E-state index is -0.510. The molecule has 0 radical (unpaired) electrons. The predicted octanol–water partition coefficient (Wildman–Crippen LogP) is 1.52. The van der Waals surface area contributed by atoms with Crippen LogP contribution in [0.15, 0.2) is 29.2 Å². The lowest BCUT2D eigenvalue weighted by Gasteiger charge is -2.11. The molecule has 0 aliphatic carbocycles. The van der Waals surface area contributed by atoms with E-state index in [0.717, 1.165) is 6.07 Å². The van der Waals surface area contributed by atoms with Crippen LogP contribution in [0.25, 0.3) is 0 Å². The third kappa shape index (κ3) is 3.57. The Bertz CT molecular complexity index is 760. The quantitative estimate of drug-likeness (QED) is 0.602. The largest absolute Gasteiger partial charge is 0.397 e. The number of benzene rings is 1. The van der Waals surface area contributed by atoms with Gasteiger partial charge in [0, 0.05) is 6.20 Å². The second-order valence-corrected chi connectivity index (χ2v) is 5.49. The second-order valence-electron chi connectivity index (χ2n) is 4.32. The zero-order valence-corrected chi connectivity index (χ0v) is 13.2. The van der Waals surface area contributed by atoms with Gasteiger partial charge < -0.3 is 11.1 Å². The van der Waals surface area contributed by atoms with Crippen molar-refractivity contribution in [3.63, 3.8) is 0 Å². The topological polar surface area (TPSA) is 90.0 Å². The molecule has 0 aliphatic rings. The Morgan fingerprint density at radius 1 is 1.52 bits per heavy atom. The van der Waals surface area contributed by atoms with Crippen LogP contribution in [0.2, 0.25) is 0 Å². The summed E-state index contributed by atoms with van der Waals surface area (Å²) in [5.74, 6) is -0.576. The minimum Gasteiger partial charge on any atom is -0.397 e. The molecule has 1 aromatic carbocycles. The van der Waals surface area contributed by atoms with Gasteiger partial charge in [-0.3, -0.25) is 14.2 Å². The molecule has 3 N–H and O–H groups in total. The van der Waals surface area contributed by atoms with Gasteiger partial charge in [0.05, 0.1) is 14.9 Å². The molecule has 1 aromatic heterocycles. The number of nitrogens with one attached hydrogen (secondary N) is 1. The van der Waals surface area contributed by atoms with Crippen molar-refractivity contribution in [2.45, 2.75) is 13.5 Å². The fourth-order valence-corrected chi connectivity index (χ4v) is 2.14. The molecule has 1 heterocycles. The maximum absolute atomic E-state index is 13.1. The number of aryl methyl sites for hydroxylation is 1. The number of nitrogens with two attached hydrogens (primary N) is 1. The lowest BCUT2D eigenvalue weighted by atomic mass is 10.2. The molecular formula is C13H12FIN4O2. The molecule has 21 heavy (non-hydrogen) atoms. The summed E-state index contributed by atoms with van der Waals surface area (Å²) >= 11 is 1.85. The number of amides is 1. The van der Waals surface area contributed by atoms with Crippen molar-refractivity contribution in [2.24, 2.45) is 0 Å². The zero-order valence-electron chi connectivity index (χ0n) is 11.1. The Kier molecular flexibility index (Phi) is 4.56. The molecule has 0 saturated carbocycles. The van der Waals surface area contributed by atoms with Crippen LogP contribution in [0.3, 0.4) is 0 Å². The third-order valence-electron chi connectivity index (χ3n) is 2.80. The highest BCUT2D eigenvalue weighted by molar-refractivity contribution is 14.1. The number of hydrogen-bond donors (Lipinski definition) is 2. The molecule has 2 aromatic rings. The number of aromatic nitrogens is 2. The number of carbonyl (C=O) groups excluding carboxylic acids is 1. The van der Waals surface area contributed by atoms with Crippen molar-refractivity contribution in [1.82, 2.24) is 9.55 Å². The minimum absolute atomic E-state index is 0.171. The first-order chi connectivity index (χ1) is 9.88. The smallest absolute Gasteiger partial charge is 0.267 e. The van der Waals surface area contributed by atoms with Crippen LogP contribution in [0.5, 0.6) is 0 Å². The Hall–Kier alpha value is -1.97. The van der Waals surface area contributed by atoms with E-state index in [1.807, 2.05) is 22.6 Å². The summed E-state index contributed by atoms with van der Waals surface area (Å²) in [5, 5.41) is 2.48. The van der Waals surface area contributed by atoms with Gasteiger partial charge in [-0.2, -0.15) is 0 Å². The molecule has 0 aliphatic heterocycles. The van der Waals surface area contributed by atoms with Crippen LogP contribution < -0.4 is 16.6 Å². The Labute approximate surface area is 133 Å². The van der Waals surface area contributed by atoms with Crippen LogP contribution in [0, 0.1) is 16.3 Å². The van der Waals surface area contributed by atoms with Gasteiger partial charge in [-0.15, -0.1) is 0 Å². The SMILES string of the molecule is Cc1ncc(I)c(=O)n1CC(=O)Nc1cc(F)ccc1N. The van der Waals surface area contributed by atoms with E-state index < -0.39 is 11.7 Å². The van der Waals surface area contributed by atoms with Crippen LogP contribution in [-0.2, 0) is 11.3 Å². The van der Waals surface area contributed by atoms with Gasteiger partial charge in [0.2, 0.25) is 5.91 Å². The first-order valence-electron chi connectivity index (χ1n) is 5.95. The molecule has 8 heteroatoms. The summed E-state index contributed by atoms with van der Waals surface area (Å²) in [6.45, 7) is 1.41. The van der Waals surface area contributed by atoms with Crippen molar-refractivity contribution >= 4 is 39.9 Å². The maximum Gasteiger partial charge on any atom is 0.267 e. The lowest BCUT2D eigenvalue weighted by Crippen LogP contribution is -2.31. The first kappa shape index (κ1) is 15.4. The van der Waals surface area contributed by atoms with Gasteiger partial charge in [-0.05, 0) is 47.7 Å². The molecule has 0 fully saturated rings. The molecule has 0 spiro atoms. The molecule has 0 unspecified atom stereocenters. The standard InChI is InChI=1S/C13H12FIN4O2/c1-7-17-5-9(15)13(21)19(7)6-12(20)18-11-4-8(14)2-3-10(11)16/h2-5H,6,16H2,1H3,(H,18,20). The van der Waals surface area contributed by atoms with Gasteiger partial charge in [0.15, 0.2) is 0 Å². The summed E-state index contributed by atoms with van der Waals surface area (Å²) in [7, 11) is 0. The summed E-state index contributed by atoms with van der Waals surface area (Å²) in [6, 6.07) is 3.67. The van der Waals surface area contributed by atoms with E-state index in [4.69, 9.17) is 5.73 Å². The van der Waals surface area contributed by atoms with Crippen LogP contribution in [0.4, 0.5) is 15.8 Å². The van der Waals surface area contributed by atoms with Crippen molar-refractivity contribution < 1.29 is 9.18 Å². The van der Waals surface area contributed by atoms with E-state index in [2.05, 4.69) is 10.3 Å². The third-order valence-corrected chi connectivity index (χ3v) is 3.54. The zero-order chi connectivity index (χ0) is 15.6. The van der Waals surface area contributed by atoms with Gasteiger partial charge in [-0.25, -0.2) is 9.37 Å². The van der Waals surface area contributed by atoms with E-state index in [0.29, 0.717) is 9.39 Å². The van der Waals surface area contributed by atoms with Crippen molar-refractivity contribution in [3.8, 4) is 0 Å². The maximum atomic E-state index is 13.1. The number of carbonyl (C=O) groups is 1. The molecule has 2 rings (SSSR count). The normalized spacial score (nSPS) is 10.4. The Morgan fingerprint density at radius 3 is 2.95 bits per heavy atom. The molecule has 0 saturated heterocycles. The first-order valence-corrected chi connectivity index (χ1v) is 7.03. The number of nitrogen functional groups attached to an aromatic ring is 1. The van der Waals surface area contributed by atoms with Gasteiger partial charge in [-0.1, -0.05) is 0 Å². The fourth-order valence-electron chi connectivity index (χ4n) is 1.71. The summed E-state index contributed by atoms with van der Waals surface area (Å²) in [6.07, 6.45) is 1.44. The highest BCUT2D eigenvalue weighted by atomic mass is 127. The van der Waals surface area contributed by atoms with E-state index in [1.165, 1.54) is 22.9 Å². The van der Waals surface area contributed by atoms with Gasteiger partial charge in [0.1, 0.15) is 18.2 Å². The average Bonchev–Trinajstić information content (AvgIpc) is 2.43. The summed E-state index contributed by atoms with van der Waals surface area (Å²) in [4.78, 5) is 28.0. The number of rotatable bonds is 3. The number of halogens is 2. The molecule has 1 amide bonds. The fraction of sp³-hybridized carbons (Fsp3) is 0.154. The molecule has 110 valence electrons. The van der Waals surface area contributed by atoms with Crippen molar-refractivity contribution in [2.75, 3.05) is 11.1 Å². The van der Waals surface area contributed by atoms with Crippen LogP contribution in [-0.4, -0.2) is 15.5 Å². The second kappa shape index (κ2) is 6.20. The molecule has 0 atom stereocenters. The predicted molar refractivity (Wildman–Crippen MR) is 85.4 cm³/mol. The van der Waals surface area contributed by atoms with Crippen LogP contribution in [0.1, 0.15) is 5.82 Å². The van der Waals surface area contributed by atoms with E-state index in [-0.39, 0.29) is 23.5 Å².